The first kappa shape index (κ1) is 40.6. The maximum absolute atomic E-state index is 12.5. The van der Waals surface area contributed by atoms with Crippen molar-refractivity contribution in [2.75, 3.05) is 44.8 Å². The van der Waals surface area contributed by atoms with Gasteiger partial charge in [-0.2, -0.15) is 0 Å². The SMILES string of the molecule is COC(=O)CN(Cc1ccccc1)c1cnc(C(CCCCCNC(=O)OCc2ccccc2)NC[C@H]2O[C@@H](CC(=O)NCCO)[C@@H]3OC(C)(C)O[C@@H]32)o1. The number of methoxy groups -OCH3 is 1. The number of oxazole rings is 1. The van der Waals surface area contributed by atoms with Crippen molar-refractivity contribution in [2.24, 2.45) is 0 Å². The van der Waals surface area contributed by atoms with E-state index < -0.39 is 42.3 Å². The lowest BCUT2D eigenvalue weighted by molar-refractivity contribution is -0.187. The lowest BCUT2D eigenvalue weighted by atomic mass is 10.0. The van der Waals surface area contributed by atoms with Crippen molar-refractivity contribution >= 4 is 23.9 Å². The number of carbonyl (C=O) groups is 3. The zero-order valence-corrected chi connectivity index (χ0v) is 31.2. The number of aliphatic hydroxyl groups is 1. The Morgan fingerprint density at radius 2 is 1.63 bits per heavy atom. The molecular weight excluding hydrogens is 698 g/mol. The highest BCUT2D eigenvalue weighted by Gasteiger charge is 2.55. The number of esters is 1. The van der Waals surface area contributed by atoms with E-state index in [1.165, 1.54) is 7.11 Å². The number of nitrogens with zero attached hydrogens (tertiary/aromatic N) is 2. The Morgan fingerprint density at radius 3 is 2.33 bits per heavy atom. The van der Waals surface area contributed by atoms with E-state index in [4.69, 9.17) is 33.2 Å². The molecule has 0 saturated carbocycles. The molecule has 0 bridgehead atoms. The molecule has 0 radical (unpaired) electrons. The number of aromatic nitrogens is 1. The monoisotopic (exact) mass is 751 g/mol. The summed E-state index contributed by atoms with van der Waals surface area (Å²) in [5.41, 5.74) is 1.91. The van der Waals surface area contributed by atoms with E-state index in [0.29, 0.717) is 37.8 Å². The van der Waals surface area contributed by atoms with Crippen LogP contribution in [0.5, 0.6) is 0 Å². The van der Waals surface area contributed by atoms with Gasteiger partial charge in [0.05, 0.1) is 44.6 Å². The first-order chi connectivity index (χ1) is 26.1. The van der Waals surface area contributed by atoms with Crippen LogP contribution in [-0.2, 0) is 46.4 Å². The van der Waals surface area contributed by atoms with Crippen LogP contribution in [-0.4, -0.2) is 98.2 Å². The van der Waals surface area contributed by atoms with Gasteiger partial charge in [-0.3, -0.25) is 9.59 Å². The van der Waals surface area contributed by atoms with Crippen LogP contribution in [0.3, 0.4) is 0 Å². The van der Waals surface area contributed by atoms with E-state index in [9.17, 15) is 14.4 Å². The summed E-state index contributed by atoms with van der Waals surface area (Å²) in [5.74, 6) is -0.646. The molecule has 2 saturated heterocycles. The smallest absolute Gasteiger partial charge is 0.407 e. The molecular formula is C39H53N5O10. The highest BCUT2D eigenvalue weighted by Crippen LogP contribution is 2.40. The van der Waals surface area contributed by atoms with Crippen molar-refractivity contribution in [3.8, 4) is 0 Å². The molecule has 2 aliphatic rings. The highest BCUT2D eigenvalue weighted by molar-refractivity contribution is 5.76. The molecule has 1 unspecified atom stereocenters. The lowest BCUT2D eigenvalue weighted by Gasteiger charge is -2.25. The van der Waals surface area contributed by atoms with Crippen LogP contribution in [0.15, 0.2) is 71.3 Å². The fraction of sp³-hybridized carbons (Fsp3) is 0.538. The summed E-state index contributed by atoms with van der Waals surface area (Å²) in [4.78, 5) is 43.6. The Labute approximate surface area is 316 Å². The van der Waals surface area contributed by atoms with Crippen LogP contribution in [0.25, 0.3) is 0 Å². The minimum absolute atomic E-state index is 0.0295. The summed E-state index contributed by atoms with van der Waals surface area (Å²) in [7, 11) is 1.35. The molecule has 0 spiro atoms. The van der Waals surface area contributed by atoms with Crippen LogP contribution in [0.4, 0.5) is 10.7 Å². The number of fused-ring (bicyclic) bond motifs is 1. The number of rotatable bonds is 21. The van der Waals surface area contributed by atoms with Gasteiger partial charge in [-0.15, -0.1) is 0 Å². The Hall–Kier alpha value is -4.54. The third kappa shape index (κ3) is 12.2. The Balaban J connectivity index is 1.22. The van der Waals surface area contributed by atoms with E-state index >= 15 is 0 Å². The molecule has 2 aromatic carbocycles. The number of unbranched alkanes of at least 4 members (excludes halogenated alkanes) is 2. The second kappa shape index (κ2) is 20.2. The maximum Gasteiger partial charge on any atom is 0.407 e. The molecule has 0 aliphatic carbocycles. The van der Waals surface area contributed by atoms with Crippen LogP contribution >= 0.6 is 0 Å². The van der Waals surface area contributed by atoms with Gasteiger partial charge in [-0.1, -0.05) is 73.5 Å². The van der Waals surface area contributed by atoms with E-state index in [1.807, 2.05) is 74.5 Å². The number of carbonyl (C=O) groups excluding carboxylic acids is 3. The number of anilines is 1. The highest BCUT2D eigenvalue weighted by atomic mass is 16.8. The van der Waals surface area contributed by atoms with E-state index in [0.717, 1.165) is 30.4 Å². The van der Waals surface area contributed by atoms with Crippen LogP contribution in [0, 0.1) is 0 Å². The zero-order chi connectivity index (χ0) is 38.3. The summed E-state index contributed by atoms with van der Waals surface area (Å²) in [6.45, 7) is 5.08. The summed E-state index contributed by atoms with van der Waals surface area (Å²) in [6, 6.07) is 18.9. The molecule has 2 amide bonds. The summed E-state index contributed by atoms with van der Waals surface area (Å²) in [6.07, 6.45) is 2.35. The number of aliphatic hydroxyl groups excluding tert-OH is 1. The molecule has 5 atom stereocenters. The van der Waals surface area contributed by atoms with E-state index in [1.54, 1.807) is 11.1 Å². The number of ether oxygens (including phenoxy) is 5. The van der Waals surface area contributed by atoms with Crippen molar-refractivity contribution in [1.82, 2.24) is 20.9 Å². The largest absolute Gasteiger partial charge is 0.468 e. The van der Waals surface area contributed by atoms with Crippen molar-refractivity contribution in [3.05, 3.63) is 83.9 Å². The minimum atomic E-state index is -0.849. The van der Waals surface area contributed by atoms with Gasteiger partial charge in [-0.25, -0.2) is 9.78 Å². The van der Waals surface area contributed by atoms with E-state index in [2.05, 4.69) is 20.9 Å². The quantitative estimate of drug-likeness (QED) is 0.0913. The van der Waals surface area contributed by atoms with Gasteiger partial charge in [0.25, 0.3) is 0 Å². The lowest BCUT2D eigenvalue weighted by Crippen LogP contribution is -2.39. The number of benzene rings is 2. The van der Waals surface area contributed by atoms with Gasteiger partial charge in [0.2, 0.25) is 17.7 Å². The molecule has 54 heavy (non-hydrogen) atoms. The molecule has 3 heterocycles. The van der Waals surface area contributed by atoms with Crippen LogP contribution < -0.4 is 20.9 Å². The Bertz CT molecular complexity index is 1610. The predicted molar refractivity (Wildman–Crippen MR) is 197 cm³/mol. The minimum Gasteiger partial charge on any atom is -0.468 e. The average Bonchev–Trinajstić information content (AvgIpc) is 3.87. The maximum atomic E-state index is 12.5. The predicted octanol–water partition coefficient (Wildman–Crippen LogP) is 3.76. The van der Waals surface area contributed by atoms with Crippen molar-refractivity contribution in [2.45, 2.75) is 95.3 Å². The van der Waals surface area contributed by atoms with Gasteiger partial charge in [0.15, 0.2) is 5.79 Å². The van der Waals surface area contributed by atoms with Gasteiger partial charge in [-0.05, 0) is 37.8 Å². The van der Waals surface area contributed by atoms with Crippen LogP contribution in [0.2, 0.25) is 0 Å². The van der Waals surface area contributed by atoms with Gasteiger partial charge >= 0.3 is 12.1 Å². The summed E-state index contributed by atoms with van der Waals surface area (Å²) in [5, 5.41) is 18.2. The molecule has 294 valence electrons. The number of alkyl carbamates (subject to hydrolysis) is 1. The standard InChI is InChI=1S/C39H53N5O10/c1-39(2)53-35-30(21-32(46)40-19-20-45)51-31(36(35)54-39)22-42-29(17-11-6-12-18-41-38(48)50-26-28-15-9-5-10-16-28)37-43-23-33(52-37)44(25-34(47)49-3)24-27-13-7-4-8-14-27/h4-5,7-10,13-16,23,29-31,35-36,42,45H,6,11-12,17-22,24-26H2,1-3H3,(H,40,46)(H,41,48)/t29?,30-,31+,35-,36+/m0/s1. The molecule has 15 nitrogen and oxygen atoms in total. The first-order valence-electron chi connectivity index (χ1n) is 18.5. The van der Waals surface area contributed by atoms with Crippen molar-refractivity contribution in [3.63, 3.8) is 0 Å². The first-order valence-corrected chi connectivity index (χ1v) is 18.5. The Kier molecular flexibility index (Phi) is 15.2. The summed E-state index contributed by atoms with van der Waals surface area (Å²) < 4.78 is 35.4. The molecule has 3 aromatic rings. The fourth-order valence-corrected chi connectivity index (χ4v) is 6.56. The zero-order valence-electron chi connectivity index (χ0n) is 31.2. The number of hydrogen-bond acceptors (Lipinski definition) is 13. The third-order valence-corrected chi connectivity index (χ3v) is 9.17. The summed E-state index contributed by atoms with van der Waals surface area (Å²) >= 11 is 0. The topological polar surface area (TPSA) is 183 Å². The molecule has 15 heteroatoms. The number of hydrogen-bond donors (Lipinski definition) is 4. The van der Waals surface area contributed by atoms with Crippen molar-refractivity contribution < 1.29 is 47.6 Å². The fourth-order valence-electron chi connectivity index (χ4n) is 6.56. The Morgan fingerprint density at radius 1 is 0.926 bits per heavy atom. The third-order valence-electron chi connectivity index (χ3n) is 9.17. The molecule has 2 aliphatic heterocycles. The number of nitrogens with one attached hydrogen (secondary N) is 3. The molecule has 1 aromatic heterocycles. The average molecular weight is 752 g/mol. The number of amides is 2. The molecule has 2 fully saturated rings. The van der Waals surface area contributed by atoms with Crippen LogP contribution in [0.1, 0.15) is 69.0 Å². The molecule has 5 rings (SSSR count). The van der Waals surface area contributed by atoms with E-state index in [-0.39, 0.29) is 44.7 Å². The molecule has 4 N–H and O–H groups in total. The second-order valence-corrected chi connectivity index (χ2v) is 13.8. The van der Waals surface area contributed by atoms with Gasteiger partial charge < -0.3 is 54.1 Å². The van der Waals surface area contributed by atoms with Crippen molar-refractivity contribution in [1.29, 1.82) is 0 Å². The van der Waals surface area contributed by atoms with Gasteiger partial charge in [0.1, 0.15) is 25.4 Å². The normalized spacial score (nSPS) is 20.5. The van der Waals surface area contributed by atoms with Gasteiger partial charge in [0, 0.05) is 26.2 Å². The second-order valence-electron chi connectivity index (χ2n) is 13.8.